The van der Waals surface area contributed by atoms with Crippen molar-refractivity contribution in [1.29, 1.82) is 0 Å². The topological polar surface area (TPSA) is 111 Å². The Labute approximate surface area is 218 Å². The molecule has 37 heavy (non-hydrogen) atoms. The Hall–Kier alpha value is -3.96. The number of aromatic nitrogens is 2. The van der Waals surface area contributed by atoms with E-state index in [1.165, 1.54) is 15.6 Å². The molecule has 11 heteroatoms. The van der Waals surface area contributed by atoms with Gasteiger partial charge in [-0.1, -0.05) is 35.1 Å². The molecule has 0 radical (unpaired) electrons. The number of nitrogens with zero attached hydrogens (tertiary/aromatic N) is 3. The third-order valence-corrected chi connectivity index (χ3v) is 8.56. The van der Waals surface area contributed by atoms with Gasteiger partial charge in [0.15, 0.2) is 6.10 Å². The largest absolute Gasteiger partial charge is 0.497 e. The van der Waals surface area contributed by atoms with Crippen molar-refractivity contribution in [1.82, 2.24) is 10.2 Å². The average Bonchev–Trinajstić information content (AvgIpc) is 3.36. The summed E-state index contributed by atoms with van der Waals surface area (Å²) >= 11 is 1.20. The van der Waals surface area contributed by atoms with Gasteiger partial charge in [0.05, 0.1) is 24.2 Å². The minimum absolute atomic E-state index is 0.139. The number of aryl methyl sites for hydroxylation is 2. The first kappa shape index (κ1) is 24.7. The minimum Gasteiger partial charge on any atom is -0.497 e. The highest BCUT2D eigenvalue weighted by molar-refractivity contribution is 7.92. The monoisotopic (exact) mass is 536 g/mol. The van der Waals surface area contributed by atoms with Crippen molar-refractivity contribution in [3.63, 3.8) is 0 Å². The van der Waals surface area contributed by atoms with Crippen LogP contribution < -0.4 is 19.1 Å². The summed E-state index contributed by atoms with van der Waals surface area (Å²) in [6.07, 6.45) is -1.09. The van der Waals surface area contributed by atoms with E-state index in [0.717, 1.165) is 22.4 Å². The molecule has 0 saturated carbocycles. The van der Waals surface area contributed by atoms with Crippen LogP contribution >= 0.6 is 11.3 Å². The molecule has 0 unspecified atom stereocenters. The van der Waals surface area contributed by atoms with Crippen molar-refractivity contribution < 1.29 is 22.7 Å². The van der Waals surface area contributed by atoms with Crippen LogP contribution in [0.15, 0.2) is 71.6 Å². The third kappa shape index (κ3) is 5.00. The van der Waals surface area contributed by atoms with E-state index in [0.29, 0.717) is 16.4 Å². The number of anilines is 2. The van der Waals surface area contributed by atoms with Gasteiger partial charge in [-0.3, -0.25) is 14.4 Å². The molecular weight excluding hydrogens is 512 g/mol. The number of carbonyl (C=O) groups excluding carboxylic acids is 1. The third-order valence-electron chi connectivity index (χ3n) is 5.88. The van der Waals surface area contributed by atoms with Gasteiger partial charge in [0.2, 0.25) is 5.13 Å². The van der Waals surface area contributed by atoms with Gasteiger partial charge >= 0.3 is 0 Å². The van der Waals surface area contributed by atoms with Gasteiger partial charge in [0.25, 0.3) is 15.9 Å². The number of benzene rings is 3. The van der Waals surface area contributed by atoms with Gasteiger partial charge in [-0.15, -0.1) is 10.2 Å². The molecule has 2 heterocycles. The van der Waals surface area contributed by atoms with E-state index in [2.05, 4.69) is 15.5 Å². The summed E-state index contributed by atoms with van der Waals surface area (Å²) in [5.41, 5.74) is 3.03. The van der Waals surface area contributed by atoms with Gasteiger partial charge in [-0.2, -0.15) is 0 Å². The average molecular weight is 537 g/mol. The van der Waals surface area contributed by atoms with E-state index in [9.17, 15) is 13.2 Å². The van der Waals surface area contributed by atoms with E-state index in [4.69, 9.17) is 9.47 Å². The van der Waals surface area contributed by atoms with Crippen LogP contribution in [0.1, 0.15) is 11.1 Å². The summed E-state index contributed by atoms with van der Waals surface area (Å²) in [7, 11) is -2.36. The standard InChI is InChI=1S/C26H24N4O5S2/c1-16-4-11-20(12-5-16)37(32,33)30-15-23(35-22-13-6-17(2)14-21(22)30)24(31)27-26-29-28-25(36-26)18-7-9-19(34-3)10-8-18/h4-14,23H,15H2,1-3H3,(H,27,29,31)/t23-/m0/s1. The van der Waals surface area contributed by atoms with E-state index < -0.39 is 22.0 Å². The molecule has 9 nitrogen and oxygen atoms in total. The zero-order valence-corrected chi connectivity index (χ0v) is 22.0. The Morgan fingerprint density at radius 2 is 1.73 bits per heavy atom. The molecule has 0 bridgehead atoms. The Morgan fingerprint density at radius 1 is 1.03 bits per heavy atom. The van der Waals surface area contributed by atoms with Crippen LogP contribution in [0.5, 0.6) is 11.5 Å². The highest BCUT2D eigenvalue weighted by Gasteiger charge is 2.38. The predicted molar refractivity (Wildman–Crippen MR) is 142 cm³/mol. The fourth-order valence-corrected chi connectivity index (χ4v) is 6.09. The number of rotatable bonds is 6. The van der Waals surface area contributed by atoms with Crippen LogP contribution in [0.3, 0.4) is 0 Å². The second-order valence-electron chi connectivity index (χ2n) is 8.56. The zero-order valence-electron chi connectivity index (χ0n) is 20.3. The van der Waals surface area contributed by atoms with Crippen molar-refractivity contribution in [2.75, 3.05) is 23.3 Å². The molecule has 1 N–H and O–H groups in total. The maximum Gasteiger partial charge on any atom is 0.269 e. The summed E-state index contributed by atoms with van der Waals surface area (Å²) in [5, 5.41) is 11.8. The van der Waals surface area contributed by atoms with E-state index >= 15 is 0 Å². The number of ether oxygens (including phenoxy) is 2. The molecular formula is C26H24N4O5S2. The molecule has 1 aromatic heterocycles. The maximum atomic E-state index is 13.6. The first-order chi connectivity index (χ1) is 17.7. The van der Waals surface area contributed by atoms with Gasteiger partial charge in [0.1, 0.15) is 16.5 Å². The number of hydrogen-bond donors (Lipinski definition) is 1. The van der Waals surface area contributed by atoms with E-state index in [1.807, 2.05) is 44.2 Å². The molecule has 1 atom stereocenters. The van der Waals surface area contributed by atoms with Crippen LogP contribution in [0.2, 0.25) is 0 Å². The SMILES string of the molecule is COc1ccc(-c2nnc(NC(=O)[C@@H]3CN(S(=O)(=O)c4ccc(C)cc4)c4cc(C)ccc4O3)s2)cc1. The highest BCUT2D eigenvalue weighted by Crippen LogP contribution is 2.38. The molecule has 1 amide bonds. The molecule has 190 valence electrons. The summed E-state index contributed by atoms with van der Waals surface area (Å²) in [6, 6.07) is 19.1. The molecule has 0 spiro atoms. The quantitative estimate of drug-likeness (QED) is 0.388. The van der Waals surface area contributed by atoms with Gasteiger partial charge in [0, 0.05) is 5.56 Å². The smallest absolute Gasteiger partial charge is 0.269 e. The summed E-state index contributed by atoms with van der Waals surface area (Å²) < 4.78 is 39.6. The summed E-state index contributed by atoms with van der Waals surface area (Å²) in [6.45, 7) is 3.56. The molecule has 3 aromatic carbocycles. The van der Waals surface area contributed by atoms with E-state index in [-0.39, 0.29) is 16.6 Å². The van der Waals surface area contributed by atoms with Gasteiger partial charge in [-0.25, -0.2) is 8.42 Å². The molecule has 0 saturated heterocycles. The second-order valence-corrected chi connectivity index (χ2v) is 11.4. The molecule has 0 fully saturated rings. The molecule has 1 aliphatic heterocycles. The van der Waals surface area contributed by atoms with Crippen molar-refractivity contribution in [2.24, 2.45) is 0 Å². The Bertz CT molecular complexity index is 1550. The van der Waals surface area contributed by atoms with Crippen molar-refractivity contribution in [3.05, 3.63) is 77.9 Å². The molecule has 4 aromatic rings. The van der Waals surface area contributed by atoms with Gasteiger partial charge < -0.3 is 9.47 Å². The Kier molecular flexibility index (Phi) is 6.57. The van der Waals surface area contributed by atoms with Crippen LogP contribution in [0, 0.1) is 13.8 Å². The van der Waals surface area contributed by atoms with Crippen molar-refractivity contribution >= 4 is 38.1 Å². The Morgan fingerprint density at radius 3 is 2.43 bits per heavy atom. The fourth-order valence-electron chi connectivity index (χ4n) is 3.87. The lowest BCUT2D eigenvalue weighted by Crippen LogP contribution is -2.48. The van der Waals surface area contributed by atoms with Crippen LogP contribution in [-0.2, 0) is 14.8 Å². The number of fused-ring (bicyclic) bond motifs is 1. The second kappa shape index (κ2) is 9.83. The lowest BCUT2D eigenvalue weighted by atomic mass is 10.1. The highest BCUT2D eigenvalue weighted by atomic mass is 32.2. The van der Waals surface area contributed by atoms with Crippen LogP contribution in [0.25, 0.3) is 10.6 Å². The Balaban J connectivity index is 1.40. The number of sulfonamides is 1. The summed E-state index contributed by atoms with van der Waals surface area (Å²) in [5.74, 6) is 0.508. The number of hydrogen-bond acceptors (Lipinski definition) is 8. The van der Waals surface area contributed by atoms with Crippen LogP contribution in [-0.4, -0.2) is 44.3 Å². The lowest BCUT2D eigenvalue weighted by molar-refractivity contribution is -0.122. The molecule has 5 rings (SSSR count). The number of methoxy groups -OCH3 is 1. The first-order valence-corrected chi connectivity index (χ1v) is 13.7. The van der Waals surface area contributed by atoms with Gasteiger partial charge in [-0.05, 0) is 67.9 Å². The number of nitrogens with one attached hydrogen (secondary N) is 1. The number of amides is 1. The maximum absolute atomic E-state index is 13.6. The normalized spacial score (nSPS) is 15.0. The minimum atomic E-state index is -3.95. The van der Waals surface area contributed by atoms with Crippen molar-refractivity contribution in [2.45, 2.75) is 24.8 Å². The van der Waals surface area contributed by atoms with E-state index in [1.54, 1.807) is 43.5 Å². The lowest BCUT2D eigenvalue weighted by Gasteiger charge is -2.34. The zero-order chi connectivity index (χ0) is 26.2. The molecule has 1 aliphatic rings. The first-order valence-electron chi connectivity index (χ1n) is 11.4. The number of carbonyl (C=O) groups is 1. The predicted octanol–water partition coefficient (Wildman–Crippen LogP) is 4.43. The summed E-state index contributed by atoms with van der Waals surface area (Å²) in [4.78, 5) is 13.3. The van der Waals surface area contributed by atoms with Crippen molar-refractivity contribution in [3.8, 4) is 22.1 Å². The van der Waals surface area contributed by atoms with Crippen LogP contribution in [0.4, 0.5) is 10.8 Å². The molecule has 0 aliphatic carbocycles. The fraction of sp³-hybridized carbons (Fsp3) is 0.192.